The van der Waals surface area contributed by atoms with E-state index in [0.717, 1.165) is 56.6 Å². The lowest BCUT2D eigenvalue weighted by molar-refractivity contribution is 0.215. The van der Waals surface area contributed by atoms with Crippen LogP contribution in [0.15, 0.2) is 33.9 Å². The van der Waals surface area contributed by atoms with Gasteiger partial charge in [0.1, 0.15) is 5.76 Å². The molecular formula is C20H32N6O. The third-order valence-corrected chi connectivity index (χ3v) is 5.08. The Labute approximate surface area is 161 Å². The highest BCUT2D eigenvalue weighted by Crippen LogP contribution is 2.24. The molecule has 2 N–H and O–H groups in total. The number of nitrogens with one attached hydrogen (secondary N) is 2. The summed E-state index contributed by atoms with van der Waals surface area (Å²) in [5.74, 6) is 1.85. The molecule has 1 saturated heterocycles. The molecule has 7 nitrogen and oxygen atoms in total. The molecule has 1 unspecified atom stereocenters. The largest absolute Gasteiger partial charge is 0.468 e. The molecule has 2 aromatic rings. The molecule has 3 heterocycles. The molecule has 148 valence electrons. The minimum absolute atomic E-state index is 0.246. The van der Waals surface area contributed by atoms with E-state index >= 15 is 0 Å². The van der Waals surface area contributed by atoms with Crippen molar-refractivity contribution in [2.24, 2.45) is 4.99 Å². The first-order valence-corrected chi connectivity index (χ1v) is 9.90. The third-order valence-electron chi connectivity index (χ3n) is 5.08. The number of hydrogen-bond donors (Lipinski definition) is 2. The van der Waals surface area contributed by atoms with Gasteiger partial charge in [0.05, 0.1) is 18.0 Å². The second-order valence-corrected chi connectivity index (χ2v) is 7.16. The van der Waals surface area contributed by atoms with E-state index in [4.69, 9.17) is 4.42 Å². The molecule has 0 amide bonds. The fourth-order valence-electron chi connectivity index (χ4n) is 3.69. The molecule has 1 aliphatic heterocycles. The summed E-state index contributed by atoms with van der Waals surface area (Å²) < 4.78 is 7.75. The van der Waals surface area contributed by atoms with Crippen LogP contribution in [-0.4, -0.2) is 53.9 Å². The summed E-state index contributed by atoms with van der Waals surface area (Å²) in [6.45, 7) is 8.93. The van der Waals surface area contributed by atoms with Gasteiger partial charge in [0.15, 0.2) is 5.96 Å². The lowest BCUT2D eigenvalue weighted by Crippen LogP contribution is -2.43. The Hall–Kier alpha value is -2.28. The van der Waals surface area contributed by atoms with Gasteiger partial charge in [-0.15, -0.1) is 0 Å². The quantitative estimate of drug-likeness (QED) is 0.423. The first-order chi connectivity index (χ1) is 13.2. The number of aryl methyl sites for hydroxylation is 3. The molecule has 2 aromatic heterocycles. The van der Waals surface area contributed by atoms with Gasteiger partial charge >= 0.3 is 0 Å². The van der Waals surface area contributed by atoms with Crippen LogP contribution in [0.4, 0.5) is 0 Å². The van der Waals surface area contributed by atoms with E-state index in [1.165, 1.54) is 18.5 Å². The van der Waals surface area contributed by atoms with E-state index in [1.54, 1.807) is 6.26 Å². The van der Waals surface area contributed by atoms with Crippen molar-refractivity contribution in [1.82, 2.24) is 25.3 Å². The van der Waals surface area contributed by atoms with Gasteiger partial charge in [0.25, 0.3) is 0 Å². The highest BCUT2D eigenvalue weighted by atomic mass is 16.3. The van der Waals surface area contributed by atoms with Crippen molar-refractivity contribution in [2.45, 2.75) is 45.7 Å². The number of rotatable bonds is 8. The summed E-state index contributed by atoms with van der Waals surface area (Å²) in [5.41, 5.74) is 2.28. The van der Waals surface area contributed by atoms with Crippen molar-refractivity contribution in [3.05, 3.63) is 41.6 Å². The summed E-state index contributed by atoms with van der Waals surface area (Å²) >= 11 is 0. The van der Waals surface area contributed by atoms with Crippen LogP contribution in [0.5, 0.6) is 0 Å². The minimum Gasteiger partial charge on any atom is -0.468 e. The highest BCUT2D eigenvalue weighted by molar-refractivity contribution is 5.79. The van der Waals surface area contributed by atoms with Crippen LogP contribution in [0.1, 0.15) is 42.5 Å². The fourth-order valence-corrected chi connectivity index (χ4v) is 3.69. The monoisotopic (exact) mass is 372 g/mol. The zero-order valence-electron chi connectivity index (χ0n) is 16.7. The number of furan rings is 1. The summed E-state index contributed by atoms with van der Waals surface area (Å²) in [5, 5.41) is 11.4. The van der Waals surface area contributed by atoms with Gasteiger partial charge < -0.3 is 15.1 Å². The van der Waals surface area contributed by atoms with Crippen LogP contribution in [0.25, 0.3) is 0 Å². The second-order valence-electron chi connectivity index (χ2n) is 7.16. The molecule has 0 spiro atoms. The molecule has 1 fully saturated rings. The number of likely N-dealkylation sites (tertiary alicyclic amines) is 1. The van der Waals surface area contributed by atoms with E-state index in [2.05, 4.69) is 49.4 Å². The van der Waals surface area contributed by atoms with Crippen molar-refractivity contribution in [2.75, 3.05) is 33.2 Å². The molecule has 27 heavy (non-hydrogen) atoms. The van der Waals surface area contributed by atoms with Crippen molar-refractivity contribution >= 4 is 5.96 Å². The number of guanidine groups is 1. The topological polar surface area (TPSA) is 70.6 Å². The van der Waals surface area contributed by atoms with E-state index < -0.39 is 0 Å². The maximum atomic E-state index is 5.68. The molecule has 3 rings (SSSR count). The smallest absolute Gasteiger partial charge is 0.191 e. The van der Waals surface area contributed by atoms with Gasteiger partial charge in [-0.2, -0.15) is 5.10 Å². The van der Waals surface area contributed by atoms with E-state index in [9.17, 15) is 0 Å². The van der Waals surface area contributed by atoms with E-state index in [1.807, 2.05) is 20.0 Å². The van der Waals surface area contributed by atoms with Crippen molar-refractivity contribution < 1.29 is 4.42 Å². The number of aromatic nitrogens is 2. The predicted molar refractivity (Wildman–Crippen MR) is 108 cm³/mol. The molecule has 0 bridgehead atoms. The predicted octanol–water partition coefficient (Wildman–Crippen LogP) is 2.49. The normalized spacial score (nSPS) is 16.6. The third kappa shape index (κ3) is 5.35. The minimum atomic E-state index is 0.246. The first-order valence-electron chi connectivity index (χ1n) is 9.90. The Morgan fingerprint density at radius 1 is 1.30 bits per heavy atom. The SMILES string of the molecule is CN=C(NCCCn1nc(C)cc1C)NCC(c1ccco1)N1CCCC1. The zero-order valence-corrected chi connectivity index (χ0v) is 16.7. The molecule has 0 aromatic carbocycles. The summed E-state index contributed by atoms with van der Waals surface area (Å²) in [7, 11) is 1.81. The van der Waals surface area contributed by atoms with Crippen molar-refractivity contribution in [3.8, 4) is 0 Å². The summed E-state index contributed by atoms with van der Waals surface area (Å²) in [6.07, 6.45) is 5.27. The average molecular weight is 373 g/mol. The van der Waals surface area contributed by atoms with Crippen molar-refractivity contribution in [1.29, 1.82) is 0 Å². The Balaban J connectivity index is 1.45. The molecule has 1 aliphatic rings. The van der Waals surface area contributed by atoms with Gasteiger partial charge in [-0.05, 0) is 64.4 Å². The van der Waals surface area contributed by atoms with Crippen LogP contribution in [0.3, 0.4) is 0 Å². The lowest BCUT2D eigenvalue weighted by atomic mass is 10.2. The van der Waals surface area contributed by atoms with Crippen molar-refractivity contribution in [3.63, 3.8) is 0 Å². The highest BCUT2D eigenvalue weighted by Gasteiger charge is 2.25. The van der Waals surface area contributed by atoms with Crippen LogP contribution < -0.4 is 10.6 Å². The van der Waals surface area contributed by atoms with Gasteiger partial charge in [-0.1, -0.05) is 0 Å². The Kier molecular flexibility index (Phi) is 6.92. The van der Waals surface area contributed by atoms with Crippen LogP contribution >= 0.6 is 0 Å². The Bertz CT molecular complexity index is 715. The molecule has 7 heteroatoms. The number of nitrogens with zero attached hydrogens (tertiary/aromatic N) is 4. The zero-order chi connectivity index (χ0) is 19.1. The standard InChI is InChI=1S/C20H32N6O/c1-16-14-17(2)26(24-16)12-7-9-22-20(21-3)23-15-18(19-8-6-13-27-19)25-10-4-5-11-25/h6,8,13-14,18H,4-5,7,9-12,15H2,1-3H3,(H2,21,22,23). The Morgan fingerprint density at radius 3 is 2.74 bits per heavy atom. The molecule has 0 saturated carbocycles. The van der Waals surface area contributed by atoms with E-state index in [0.29, 0.717) is 0 Å². The molecule has 1 atom stereocenters. The van der Waals surface area contributed by atoms with E-state index in [-0.39, 0.29) is 6.04 Å². The maximum absolute atomic E-state index is 5.68. The summed E-state index contributed by atoms with van der Waals surface area (Å²) in [6, 6.07) is 6.39. The van der Waals surface area contributed by atoms with Gasteiger partial charge in [-0.3, -0.25) is 14.6 Å². The summed E-state index contributed by atoms with van der Waals surface area (Å²) in [4.78, 5) is 6.85. The fraction of sp³-hybridized carbons (Fsp3) is 0.600. The van der Waals surface area contributed by atoms with Crippen LogP contribution in [0.2, 0.25) is 0 Å². The van der Waals surface area contributed by atoms with Crippen LogP contribution in [0, 0.1) is 13.8 Å². The molecule has 0 aliphatic carbocycles. The second kappa shape index (κ2) is 9.60. The van der Waals surface area contributed by atoms with Gasteiger partial charge in [0, 0.05) is 32.4 Å². The molecular weight excluding hydrogens is 340 g/mol. The maximum Gasteiger partial charge on any atom is 0.191 e. The average Bonchev–Trinajstić information content (AvgIpc) is 3.41. The number of aliphatic imine (C=N–C) groups is 1. The van der Waals surface area contributed by atoms with Gasteiger partial charge in [-0.25, -0.2) is 0 Å². The van der Waals surface area contributed by atoms with Gasteiger partial charge in [0.2, 0.25) is 0 Å². The first kappa shape index (κ1) is 19.5. The van der Waals surface area contributed by atoms with Crippen LogP contribution in [-0.2, 0) is 6.54 Å². The molecule has 0 radical (unpaired) electrons. The lowest BCUT2D eigenvalue weighted by Gasteiger charge is -2.26. The Morgan fingerprint density at radius 2 is 2.11 bits per heavy atom. The number of hydrogen-bond acceptors (Lipinski definition) is 4.